The number of amides is 1. The predicted molar refractivity (Wildman–Crippen MR) is 120 cm³/mol. The quantitative estimate of drug-likeness (QED) is 0.549. The van der Waals surface area contributed by atoms with E-state index in [0.717, 1.165) is 61.7 Å². The van der Waals surface area contributed by atoms with Gasteiger partial charge in [0.25, 0.3) is 0 Å². The van der Waals surface area contributed by atoms with Gasteiger partial charge >= 0.3 is 0 Å². The number of aromatic nitrogens is 3. The Morgan fingerprint density at radius 2 is 2.07 bits per heavy atom. The van der Waals surface area contributed by atoms with Crippen molar-refractivity contribution in [1.82, 2.24) is 19.4 Å². The molecule has 1 amide bonds. The summed E-state index contributed by atoms with van der Waals surface area (Å²) in [5.41, 5.74) is 2.22. The summed E-state index contributed by atoms with van der Waals surface area (Å²) in [6.45, 7) is 5.34. The molecule has 1 aliphatic heterocycles. The third kappa shape index (κ3) is 4.90. The van der Waals surface area contributed by atoms with Gasteiger partial charge in [0.1, 0.15) is 5.82 Å². The maximum Gasteiger partial charge on any atom is 0.222 e. The first-order valence-electron chi connectivity index (χ1n) is 10.8. The summed E-state index contributed by atoms with van der Waals surface area (Å²) in [6, 6.07) is 8.16. The van der Waals surface area contributed by atoms with Crippen LogP contribution in [0.25, 0.3) is 10.2 Å². The second kappa shape index (κ2) is 9.71. The molecule has 0 bridgehead atoms. The number of imidazole rings is 1. The Hall–Kier alpha value is -2.25. The second-order valence-corrected chi connectivity index (χ2v) is 9.18. The van der Waals surface area contributed by atoms with Gasteiger partial charge < -0.3 is 14.2 Å². The SMILES string of the molecule is COCCn1c(C)cnc1CC1CCN(C(=O)CCc2nc3ccccc3s2)CC1. The normalized spacial score (nSPS) is 15.2. The Labute approximate surface area is 181 Å². The second-order valence-electron chi connectivity index (χ2n) is 8.06. The number of thiazole rings is 1. The van der Waals surface area contributed by atoms with Crippen LogP contribution in [-0.4, -0.2) is 52.1 Å². The van der Waals surface area contributed by atoms with E-state index in [0.29, 0.717) is 18.9 Å². The number of likely N-dealkylation sites (tertiary alicyclic amines) is 1. The van der Waals surface area contributed by atoms with Crippen LogP contribution in [0, 0.1) is 12.8 Å². The maximum atomic E-state index is 12.7. The van der Waals surface area contributed by atoms with Crippen molar-refractivity contribution in [2.45, 2.75) is 45.6 Å². The van der Waals surface area contributed by atoms with E-state index in [1.54, 1.807) is 18.4 Å². The van der Waals surface area contributed by atoms with Crippen LogP contribution in [0.15, 0.2) is 30.5 Å². The Kier molecular flexibility index (Phi) is 6.79. The number of methoxy groups -OCH3 is 1. The zero-order valence-corrected chi connectivity index (χ0v) is 18.7. The molecule has 0 aliphatic carbocycles. The molecule has 2 aromatic heterocycles. The number of hydrogen-bond donors (Lipinski definition) is 0. The van der Waals surface area contributed by atoms with E-state index in [9.17, 15) is 4.79 Å². The summed E-state index contributed by atoms with van der Waals surface area (Å²) in [5, 5.41) is 1.05. The lowest BCUT2D eigenvalue weighted by Gasteiger charge is -2.32. The van der Waals surface area contributed by atoms with Gasteiger partial charge in [-0.15, -0.1) is 11.3 Å². The Balaban J connectivity index is 1.25. The summed E-state index contributed by atoms with van der Waals surface area (Å²) < 4.78 is 8.69. The van der Waals surface area contributed by atoms with E-state index in [2.05, 4.69) is 27.5 Å². The van der Waals surface area contributed by atoms with Gasteiger partial charge in [-0.1, -0.05) is 12.1 Å². The minimum Gasteiger partial charge on any atom is -0.383 e. The van der Waals surface area contributed by atoms with Gasteiger partial charge in [-0.05, 0) is 37.8 Å². The third-order valence-electron chi connectivity index (χ3n) is 5.99. The van der Waals surface area contributed by atoms with Gasteiger partial charge in [0.05, 0.1) is 21.8 Å². The lowest BCUT2D eigenvalue weighted by atomic mass is 9.93. The highest BCUT2D eigenvalue weighted by atomic mass is 32.1. The molecule has 3 aromatic rings. The molecule has 0 radical (unpaired) electrons. The molecular formula is C23H30N4O2S. The number of carbonyl (C=O) groups excluding carboxylic acids is 1. The maximum absolute atomic E-state index is 12.7. The molecular weight excluding hydrogens is 396 g/mol. The minimum absolute atomic E-state index is 0.255. The molecule has 160 valence electrons. The summed E-state index contributed by atoms with van der Waals surface area (Å²) in [4.78, 5) is 24.0. The van der Waals surface area contributed by atoms with E-state index in [1.165, 1.54) is 10.4 Å². The zero-order valence-electron chi connectivity index (χ0n) is 17.8. The monoisotopic (exact) mass is 426 g/mol. The molecule has 1 aromatic carbocycles. The third-order valence-corrected chi connectivity index (χ3v) is 7.08. The molecule has 0 saturated carbocycles. The Morgan fingerprint density at radius 3 is 2.83 bits per heavy atom. The van der Waals surface area contributed by atoms with Crippen LogP contribution < -0.4 is 0 Å². The van der Waals surface area contributed by atoms with E-state index in [1.807, 2.05) is 29.3 Å². The van der Waals surface area contributed by atoms with Crippen LogP contribution in [0.3, 0.4) is 0 Å². The van der Waals surface area contributed by atoms with Crippen molar-refractivity contribution in [3.8, 4) is 0 Å². The number of aryl methyl sites for hydroxylation is 2. The molecule has 7 heteroatoms. The molecule has 0 unspecified atom stereocenters. The first kappa shape index (κ1) is 21.0. The molecule has 30 heavy (non-hydrogen) atoms. The molecule has 0 atom stereocenters. The number of para-hydroxylation sites is 1. The van der Waals surface area contributed by atoms with E-state index in [4.69, 9.17) is 4.74 Å². The van der Waals surface area contributed by atoms with Crippen molar-refractivity contribution in [3.63, 3.8) is 0 Å². The average Bonchev–Trinajstić information content (AvgIpc) is 3.34. The van der Waals surface area contributed by atoms with Crippen LogP contribution in [0.4, 0.5) is 0 Å². The number of piperidine rings is 1. The Bertz CT molecular complexity index is 955. The van der Waals surface area contributed by atoms with Gasteiger partial charge in [0, 0.05) is 57.9 Å². The first-order valence-corrected chi connectivity index (χ1v) is 11.6. The van der Waals surface area contributed by atoms with Gasteiger partial charge in [-0.2, -0.15) is 0 Å². The summed E-state index contributed by atoms with van der Waals surface area (Å²) >= 11 is 1.70. The van der Waals surface area contributed by atoms with Crippen LogP contribution in [0.2, 0.25) is 0 Å². The zero-order chi connectivity index (χ0) is 20.9. The standard InChI is InChI=1S/C23H30N4O2S/c1-17-16-24-21(27(17)13-14-29-2)15-18-9-11-26(12-10-18)23(28)8-7-22-25-19-5-3-4-6-20(19)30-22/h3-6,16,18H,7-15H2,1-2H3. The van der Waals surface area contributed by atoms with E-state index < -0.39 is 0 Å². The fraction of sp³-hybridized carbons (Fsp3) is 0.522. The lowest BCUT2D eigenvalue weighted by Crippen LogP contribution is -2.39. The summed E-state index contributed by atoms with van der Waals surface area (Å²) in [5.74, 6) is 1.98. The van der Waals surface area contributed by atoms with Crippen molar-refractivity contribution in [2.24, 2.45) is 5.92 Å². The highest BCUT2D eigenvalue weighted by Gasteiger charge is 2.24. The molecule has 6 nitrogen and oxygen atoms in total. The van der Waals surface area contributed by atoms with Crippen LogP contribution >= 0.6 is 11.3 Å². The largest absolute Gasteiger partial charge is 0.383 e. The number of benzene rings is 1. The number of ether oxygens (including phenoxy) is 1. The molecule has 4 rings (SSSR count). The molecule has 1 fully saturated rings. The molecule has 1 saturated heterocycles. The Morgan fingerprint density at radius 1 is 1.27 bits per heavy atom. The van der Waals surface area contributed by atoms with Crippen LogP contribution in [0.1, 0.15) is 35.8 Å². The molecule has 1 aliphatic rings. The van der Waals surface area contributed by atoms with Gasteiger partial charge in [0.15, 0.2) is 0 Å². The van der Waals surface area contributed by atoms with Crippen molar-refractivity contribution in [1.29, 1.82) is 0 Å². The van der Waals surface area contributed by atoms with Gasteiger partial charge in [0.2, 0.25) is 5.91 Å². The van der Waals surface area contributed by atoms with Crippen molar-refractivity contribution in [3.05, 3.63) is 47.0 Å². The van der Waals surface area contributed by atoms with Gasteiger partial charge in [-0.3, -0.25) is 4.79 Å². The summed E-state index contributed by atoms with van der Waals surface area (Å²) in [7, 11) is 1.73. The topological polar surface area (TPSA) is 60.2 Å². The van der Waals surface area contributed by atoms with Crippen molar-refractivity contribution >= 4 is 27.5 Å². The molecule has 0 spiro atoms. The fourth-order valence-electron chi connectivity index (χ4n) is 4.21. The van der Waals surface area contributed by atoms with E-state index in [-0.39, 0.29) is 5.91 Å². The van der Waals surface area contributed by atoms with Crippen molar-refractivity contribution < 1.29 is 9.53 Å². The number of hydrogen-bond acceptors (Lipinski definition) is 5. The van der Waals surface area contributed by atoms with Crippen LogP contribution in [0.5, 0.6) is 0 Å². The average molecular weight is 427 g/mol. The first-order chi connectivity index (χ1) is 14.6. The van der Waals surface area contributed by atoms with E-state index >= 15 is 0 Å². The molecule has 3 heterocycles. The lowest BCUT2D eigenvalue weighted by molar-refractivity contribution is -0.132. The number of carbonyl (C=O) groups is 1. The number of rotatable bonds is 8. The number of nitrogens with zero attached hydrogens (tertiary/aromatic N) is 4. The molecule has 0 N–H and O–H groups in total. The van der Waals surface area contributed by atoms with Crippen LogP contribution in [-0.2, 0) is 28.9 Å². The van der Waals surface area contributed by atoms with Gasteiger partial charge in [-0.25, -0.2) is 9.97 Å². The minimum atomic E-state index is 0.255. The highest BCUT2D eigenvalue weighted by molar-refractivity contribution is 7.18. The number of fused-ring (bicyclic) bond motifs is 1. The smallest absolute Gasteiger partial charge is 0.222 e. The predicted octanol–water partition coefficient (Wildman–Crippen LogP) is 3.86. The highest BCUT2D eigenvalue weighted by Crippen LogP contribution is 2.25. The van der Waals surface area contributed by atoms with Crippen molar-refractivity contribution in [2.75, 3.05) is 26.8 Å². The summed E-state index contributed by atoms with van der Waals surface area (Å²) in [6.07, 6.45) is 6.29. The fourth-order valence-corrected chi connectivity index (χ4v) is 5.17.